The second-order valence-corrected chi connectivity index (χ2v) is 4.95. The number of hydrogen-bond acceptors (Lipinski definition) is 4. The summed E-state index contributed by atoms with van der Waals surface area (Å²) in [6, 6.07) is 8.10. The zero-order valence-corrected chi connectivity index (χ0v) is 11.7. The van der Waals surface area contributed by atoms with Gasteiger partial charge in [-0.15, -0.1) is 0 Å². The van der Waals surface area contributed by atoms with Crippen LogP contribution in [-0.2, 0) is 16.1 Å². The zero-order valence-electron chi connectivity index (χ0n) is 11.7. The molecule has 2 rings (SSSR count). The molecule has 1 aliphatic rings. The average Bonchev–Trinajstić information content (AvgIpc) is 2.98. The molecule has 0 radical (unpaired) electrons. The first-order valence-electron chi connectivity index (χ1n) is 6.86. The van der Waals surface area contributed by atoms with Crippen LogP contribution in [0, 0.1) is 0 Å². The van der Waals surface area contributed by atoms with Crippen LogP contribution in [0.1, 0.15) is 25.3 Å². The molecule has 4 heteroatoms. The Kier molecular flexibility index (Phi) is 4.80. The third kappa shape index (κ3) is 3.47. The third-order valence-electron chi connectivity index (χ3n) is 3.59. The predicted octanol–water partition coefficient (Wildman–Crippen LogP) is 1.94. The van der Waals surface area contributed by atoms with Gasteiger partial charge < -0.3 is 15.0 Å². The predicted molar refractivity (Wildman–Crippen MR) is 76.2 cm³/mol. The number of benzene rings is 1. The van der Waals surface area contributed by atoms with E-state index in [4.69, 9.17) is 4.74 Å². The molecule has 0 aromatic heterocycles. The molecule has 1 N–H and O–H groups in total. The fourth-order valence-corrected chi connectivity index (χ4v) is 2.45. The molecule has 1 heterocycles. The first-order valence-corrected chi connectivity index (χ1v) is 6.86. The summed E-state index contributed by atoms with van der Waals surface area (Å²) < 4.78 is 4.72. The Labute approximate surface area is 114 Å². The number of methoxy groups -OCH3 is 1. The first kappa shape index (κ1) is 13.9. The van der Waals surface area contributed by atoms with Crippen LogP contribution in [-0.4, -0.2) is 32.2 Å². The van der Waals surface area contributed by atoms with Crippen molar-refractivity contribution in [2.75, 3.05) is 25.1 Å². The summed E-state index contributed by atoms with van der Waals surface area (Å²) in [6.07, 6.45) is 2.53. The number of esters is 1. The van der Waals surface area contributed by atoms with E-state index in [0.717, 1.165) is 13.1 Å². The highest BCUT2D eigenvalue weighted by Crippen LogP contribution is 2.24. The Balaban J connectivity index is 2.01. The third-order valence-corrected chi connectivity index (χ3v) is 3.59. The van der Waals surface area contributed by atoms with Gasteiger partial charge in [-0.3, -0.25) is 4.79 Å². The molecule has 1 aromatic rings. The number of carbonyl (C=O) groups excluding carboxylic acids is 1. The van der Waals surface area contributed by atoms with Crippen molar-refractivity contribution in [1.29, 1.82) is 0 Å². The van der Waals surface area contributed by atoms with E-state index in [0.29, 0.717) is 6.54 Å². The van der Waals surface area contributed by atoms with Gasteiger partial charge in [-0.2, -0.15) is 0 Å². The summed E-state index contributed by atoms with van der Waals surface area (Å²) in [5, 5.41) is 3.21. The van der Waals surface area contributed by atoms with Gasteiger partial charge in [0.05, 0.1) is 7.11 Å². The first-order chi connectivity index (χ1) is 9.22. The smallest absolute Gasteiger partial charge is 0.322 e. The molecule has 0 bridgehead atoms. The number of nitrogens with zero attached hydrogens (tertiary/aromatic N) is 1. The summed E-state index contributed by atoms with van der Waals surface area (Å²) >= 11 is 0. The van der Waals surface area contributed by atoms with Crippen molar-refractivity contribution in [1.82, 2.24) is 5.32 Å². The van der Waals surface area contributed by atoms with E-state index in [1.807, 2.05) is 13.0 Å². The van der Waals surface area contributed by atoms with Gasteiger partial charge in [0.25, 0.3) is 0 Å². The van der Waals surface area contributed by atoms with Crippen LogP contribution in [0.25, 0.3) is 0 Å². The lowest BCUT2D eigenvalue weighted by Gasteiger charge is -2.22. The Morgan fingerprint density at radius 3 is 2.74 bits per heavy atom. The number of anilines is 1. The van der Waals surface area contributed by atoms with Crippen molar-refractivity contribution in [3.8, 4) is 0 Å². The highest BCUT2D eigenvalue weighted by atomic mass is 16.5. The van der Waals surface area contributed by atoms with Gasteiger partial charge in [0, 0.05) is 25.3 Å². The molecule has 1 fully saturated rings. The van der Waals surface area contributed by atoms with Gasteiger partial charge in [-0.25, -0.2) is 0 Å². The topological polar surface area (TPSA) is 41.6 Å². The van der Waals surface area contributed by atoms with Gasteiger partial charge in [0.15, 0.2) is 0 Å². The maximum Gasteiger partial charge on any atom is 0.322 e. The monoisotopic (exact) mass is 262 g/mol. The molecule has 1 atom stereocenters. The van der Waals surface area contributed by atoms with Crippen LogP contribution < -0.4 is 10.2 Å². The van der Waals surface area contributed by atoms with Gasteiger partial charge >= 0.3 is 5.97 Å². The maximum absolute atomic E-state index is 11.4. The molecule has 4 nitrogen and oxygen atoms in total. The quantitative estimate of drug-likeness (QED) is 0.823. The Morgan fingerprint density at radius 2 is 2.05 bits per heavy atom. The molecule has 104 valence electrons. The van der Waals surface area contributed by atoms with Gasteiger partial charge in [-0.05, 0) is 31.4 Å². The van der Waals surface area contributed by atoms with Crippen LogP contribution in [0.5, 0.6) is 0 Å². The molecule has 1 aliphatic heterocycles. The highest BCUT2D eigenvalue weighted by Gasteiger charge is 2.17. The normalized spacial score (nSPS) is 16.4. The fourth-order valence-electron chi connectivity index (χ4n) is 2.45. The molecule has 1 unspecified atom stereocenters. The molecule has 19 heavy (non-hydrogen) atoms. The summed E-state index contributed by atoms with van der Waals surface area (Å²) in [6.45, 7) is 4.76. The van der Waals surface area contributed by atoms with Crippen molar-refractivity contribution >= 4 is 11.7 Å². The van der Waals surface area contributed by atoms with E-state index in [-0.39, 0.29) is 12.0 Å². The van der Waals surface area contributed by atoms with Crippen LogP contribution >= 0.6 is 0 Å². The SMILES string of the molecule is COC(=O)C(C)NCc1ccccc1N1CCCC1. The number of rotatable bonds is 5. The standard InChI is InChI=1S/C15H22N2O2/c1-12(15(18)19-2)16-11-13-7-3-4-8-14(13)17-9-5-6-10-17/h3-4,7-8,12,16H,5-6,9-11H2,1-2H3. The van der Waals surface area contributed by atoms with Gasteiger partial charge in [0.1, 0.15) is 6.04 Å². The molecular weight excluding hydrogens is 240 g/mol. The largest absolute Gasteiger partial charge is 0.468 e. The minimum atomic E-state index is -0.281. The molecule has 0 amide bonds. The Hall–Kier alpha value is -1.55. The van der Waals surface area contributed by atoms with Crippen molar-refractivity contribution < 1.29 is 9.53 Å². The molecular formula is C15H22N2O2. The van der Waals surface area contributed by atoms with Gasteiger partial charge in [-0.1, -0.05) is 18.2 Å². The molecule has 0 aliphatic carbocycles. The van der Waals surface area contributed by atoms with Crippen molar-refractivity contribution in [2.24, 2.45) is 0 Å². The van der Waals surface area contributed by atoms with Crippen molar-refractivity contribution in [3.63, 3.8) is 0 Å². The van der Waals surface area contributed by atoms with Crippen LogP contribution in [0.3, 0.4) is 0 Å². The highest BCUT2D eigenvalue weighted by molar-refractivity contribution is 5.75. The van der Waals surface area contributed by atoms with Crippen molar-refractivity contribution in [3.05, 3.63) is 29.8 Å². The Morgan fingerprint density at radius 1 is 1.37 bits per heavy atom. The summed E-state index contributed by atoms with van der Waals surface area (Å²) in [5.74, 6) is -0.223. The minimum absolute atomic E-state index is 0.223. The van der Waals surface area contributed by atoms with E-state index in [9.17, 15) is 4.79 Å². The van der Waals surface area contributed by atoms with E-state index in [1.54, 1.807) is 0 Å². The van der Waals surface area contributed by atoms with E-state index >= 15 is 0 Å². The zero-order chi connectivity index (χ0) is 13.7. The average molecular weight is 262 g/mol. The van der Waals surface area contributed by atoms with Crippen LogP contribution in [0.15, 0.2) is 24.3 Å². The number of carbonyl (C=O) groups is 1. The van der Waals surface area contributed by atoms with Gasteiger partial charge in [0.2, 0.25) is 0 Å². The lowest BCUT2D eigenvalue weighted by atomic mass is 10.1. The fraction of sp³-hybridized carbons (Fsp3) is 0.533. The maximum atomic E-state index is 11.4. The van der Waals surface area contributed by atoms with E-state index in [2.05, 4.69) is 28.4 Å². The van der Waals surface area contributed by atoms with E-state index < -0.39 is 0 Å². The molecule has 0 saturated carbocycles. The second kappa shape index (κ2) is 6.57. The van der Waals surface area contributed by atoms with E-state index in [1.165, 1.54) is 31.2 Å². The second-order valence-electron chi connectivity index (χ2n) is 4.95. The lowest BCUT2D eigenvalue weighted by Crippen LogP contribution is -2.34. The summed E-state index contributed by atoms with van der Waals surface area (Å²) in [7, 11) is 1.42. The Bertz CT molecular complexity index is 428. The summed E-state index contributed by atoms with van der Waals surface area (Å²) in [4.78, 5) is 13.8. The summed E-state index contributed by atoms with van der Waals surface area (Å²) in [5.41, 5.74) is 2.52. The number of nitrogens with one attached hydrogen (secondary N) is 1. The minimum Gasteiger partial charge on any atom is -0.468 e. The molecule has 0 spiro atoms. The molecule has 1 aromatic carbocycles. The van der Waals surface area contributed by atoms with Crippen LogP contribution in [0.4, 0.5) is 5.69 Å². The molecule has 1 saturated heterocycles. The number of hydrogen-bond donors (Lipinski definition) is 1. The number of para-hydroxylation sites is 1. The number of ether oxygens (including phenoxy) is 1. The lowest BCUT2D eigenvalue weighted by molar-refractivity contribution is -0.142. The van der Waals surface area contributed by atoms with Crippen molar-refractivity contribution in [2.45, 2.75) is 32.4 Å². The van der Waals surface area contributed by atoms with Crippen LogP contribution in [0.2, 0.25) is 0 Å².